The maximum atomic E-state index is 14.0. The molecule has 2 aromatic rings. The van der Waals surface area contributed by atoms with Crippen molar-refractivity contribution in [3.8, 4) is 5.75 Å². The fraction of sp³-hybridized carbons (Fsp3) is 0.588. The minimum Gasteiger partial charge on any atom is -0.497 e. The lowest BCUT2D eigenvalue weighted by molar-refractivity contribution is -0.164. The topological polar surface area (TPSA) is 104 Å². The molecule has 234 valence electrons. The molecule has 3 aliphatic heterocycles. The highest BCUT2D eigenvalue weighted by Gasteiger charge is 2.55. The third-order valence-electron chi connectivity index (χ3n) is 9.75. The van der Waals surface area contributed by atoms with Gasteiger partial charge in [0.05, 0.1) is 29.9 Å². The number of aliphatic hydroxyl groups is 1. The van der Waals surface area contributed by atoms with Gasteiger partial charge in [-0.2, -0.15) is 4.31 Å². The number of piperidine rings is 1. The van der Waals surface area contributed by atoms with Crippen LogP contribution in [0.2, 0.25) is 0 Å². The van der Waals surface area contributed by atoms with Gasteiger partial charge in [0.15, 0.2) is 0 Å². The first-order chi connectivity index (χ1) is 20.7. The molecule has 43 heavy (non-hydrogen) atoms. The molecule has 1 amide bonds. The number of ketones is 1. The Morgan fingerprint density at radius 3 is 2.23 bits per heavy atom. The number of methoxy groups -OCH3 is 1. The highest BCUT2D eigenvalue weighted by atomic mass is 32.2. The zero-order valence-electron chi connectivity index (χ0n) is 25.3. The standard InChI is InChI=1S/C34H46N2O6S/c1-42-27-17-15-26(16-18-27)23-35-25-34-19-11-6-4-2-3-5-7-12-20-36(43(40,41)28-13-9-8-10-14-28)24-31(38)32(30(37)22-34)29(21-34)33(35)39/h8-10,13-18,29,31-32,38H,2-7,11-12,19-25H2,1H3. The molecule has 1 aliphatic carbocycles. The van der Waals surface area contributed by atoms with Gasteiger partial charge in [0.1, 0.15) is 11.5 Å². The summed E-state index contributed by atoms with van der Waals surface area (Å²) in [7, 11) is -2.27. The Kier molecular flexibility index (Phi) is 10.2. The summed E-state index contributed by atoms with van der Waals surface area (Å²) in [4.78, 5) is 29.9. The summed E-state index contributed by atoms with van der Waals surface area (Å²) in [6.45, 7) is 1.01. The normalized spacial score (nSPS) is 28.4. The van der Waals surface area contributed by atoms with Crippen molar-refractivity contribution in [2.45, 2.75) is 88.2 Å². The van der Waals surface area contributed by atoms with Crippen LogP contribution >= 0.6 is 0 Å². The summed E-state index contributed by atoms with van der Waals surface area (Å²) in [5, 5.41) is 11.6. The summed E-state index contributed by atoms with van der Waals surface area (Å²) < 4.78 is 34.1. The second-order valence-electron chi connectivity index (χ2n) is 12.8. The van der Waals surface area contributed by atoms with Crippen molar-refractivity contribution in [3.63, 3.8) is 0 Å². The van der Waals surface area contributed by atoms with Crippen LogP contribution in [0.1, 0.15) is 76.2 Å². The molecule has 4 unspecified atom stereocenters. The number of nitrogens with zero attached hydrogens (tertiary/aromatic N) is 2. The molecule has 1 saturated carbocycles. The Bertz CT molecular complexity index is 1350. The maximum absolute atomic E-state index is 14.0. The van der Waals surface area contributed by atoms with Crippen LogP contribution < -0.4 is 4.74 Å². The van der Waals surface area contributed by atoms with Crippen LogP contribution in [0.25, 0.3) is 0 Å². The Balaban J connectivity index is 1.44. The van der Waals surface area contributed by atoms with Crippen LogP contribution in [0.15, 0.2) is 59.5 Å². The Morgan fingerprint density at radius 2 is 1.56 bits per heavy atom. The molecule has 9 heteroatoms. The monoisotopic (exact) mass is 610 g/mol. The number of carbonyl (C=O) groups excluding carboxylic acids is 2. The van der Waals surface area contributed by atoms with Crippen molar-refractivity contribution >= 4 is 21.7 Å². The molecule has 0 aromatic heterocycles. The molecule has 3 bridgehead atoms. The smallest absolute Gasteiger partial charge is 0.243 e. The highest BCUT2D eigenvalue weighted by Crippen LogP contribution is 2.50. The van der Waals surface area contributed by atoms with E-state index in [0.29, 0.717) is 32.4 Å². The van der Waals surface area contributed by atoms with Gasteiger partial charge in [-0.25, -0.2) is 8.42 Å². The van der Waals surface area contributed by atoms with Gasteiger partial charge in [-0.05, 0) is 54.5 Å². The molecule has 8 nitrogen and oxygen atoms in total. The zero-order chi connectivity index (χ0) is 30.5. The van der Waals surface area contributed by atoms with Crippen molar-refractivity contribution in [2.24, 2.45) is 17.3 Å². The van der Waals surface area contributed by atoms with E-state index < -0.39 is 28.0 Å². The molecule has 4 fully saturated rings. The van der Waals surface area contributed by atoms with Crippen molar-refractivity contribution in [2.75, 3.05) is 26.7 Å². The lowest BCUT2D eigenvalue weighted by Crippen LogP contribution is -2.60. The Hall–Kier alpha value is -2.75. The summed E-state index contributed by atoms with van der Waals surface area (Å²) in [6, 6.07) is 15.9. The number of fused-ring (bicyclic) bond motifs is 13. The van der Waals surface area contributed by atoms with E-state index in [1.807, 2.05) is 29.2 Å². The fourth-order valence-corrected chi connectivity index (χ4v) is 9.03. The average Bonchev–Trinajstić information content (AvgIpc) is 3.00. The number of carbonyl (C=O) groups is 2. The molecule has 2 aromatic carbocycles. The lowest BCUT2D eigenvalue weighted by Gasteiger charge is -2.52. The second-order valence-corrected chi connectivity index (χ2v) is 14.8. The van der Waals surface area contributed by atoms with E-state index in [1.54, 1.807) is 37.4 Å². The number of rotatable bonds is 5. The van der Waals surface area contributed by atoms with E-state index in [-0.39, 0.29) is 35.1 Å². The third kappa shape index (κ3) is 7.32. The molecule has 1 spiro atoms. The summed E-state index contributed by atoms with van der Waals surface area (Å²) in [5.41, 5.74) is 0.661. The van der Waals surface area contributed by atoms with E-state index in [0.717, 1.165) is 62.7 Å². The quantitative estimate of drug-likeness (QED) is 0.500. The molecular weight excluding hydrogens is 564 g/mol. The highest BCUT2D eigenvalue weighted by molar-refractivity contribution is 7.89. The molecule has 4 aliphatic rings. The number of hydrogen-bond acceptors (Lipinski definition) is 6. The number of hydrogen-bond donors (Lipinski definition) is 1. The predicted molar refractivity (Wildman–Crippen MR) is 165 cm³/mol. The number of likely N-dealkylation sites (tertiary alicyclic amines) is 1. The minimum atomic E-state index is -3.89. The first kappa shape index (κ1) is 31.7. The zero-order valence-corrected chi connectivity index (χ0v) is 26.1. The van der Waals surface area contributed by atoms with Crippen molar-refractivity contribution in [1.82, 2.24) is 9.21 Å². The molecule has 0 radical (unpaired) electrons. The number of aliphatic hydroxyl groups excluding tert-OH is 1. The van der Waals surface area contributed by atoms with Gasteiger partial charge in [-0.15, -0.1) is 0 Å². The van der Waals surface area contributed by atoms with Crippen LogP contribution in [-0.2, 0) is 26.2 Å². The lowest BCUT2D eigenvalue weighted by atomic mass is 9.58. The molecule has 3 heterocycles. The molecule has 6 rings (SSSR count). The van der Waals surface area contributed by atoms with Gasteiger partial charge in [-0.1, -0.05) is 75.3 Å². The first-order valence-corrected chi connectivity index (χ1v) is 17.3. The van der Waals surface area contributed by atoms with Crippen LogP contribution in [0.5, 0.6) is 5.75 Å². The number of sulfonamides is 1. The maximum Gasteiger partial charge on any atom is 0.243 e. The molecule has 3 saturated heterocycles. The summed E-state index contributed by atoms with van der Waals surface area (Å²) >= 11 is 0. The Labute approximate surface area is 256 Å². The van der Waals surface area contributed by atoms with Gasteiger partial charge in [0, 0.05) is 32.6 Å². The van der Waals surface area contributed by atoms with Crippen molar-refractivity contribution < 1.29 is 27.9 Å². The van der Waals surface area contributed by atoms with E-state index >= 15 is 0 Å². The van der Waals surface area contributed by atoms with Gasteiger partial charge in [0.25, 0.3) is 0 Å². The van der Waals surface area contributed by atoms with E-state index in [4.69, 9.17) is 4.74 Å². The minimum absolute atomic E-state index is 0.109. The number of Topliss-reactive ketones (excluding diaryl/α,β-unsaturated/α-hetero) is 1. The average molecular weight is 611 g/mol. The van der Waals surface area contributed by atoms with Crippen LogP contribution in [0.3, 0.4) is 0 Å². The van der Waals surface area contributed by atoms with Gasteiger partial charge in [-0.3, -0.25) is 9.59 Å². The predicted octanol–water partition coefficient (Wildman–Crippen LogP) is 5.20. The fourth-order valence-electron chi connectivity index (χ4n) is 7.52. The van der Waals surface area contributed by atoms with Crippen molar-refractivity contribution in [3.05, 3.63) is 60.2 Å². The first-order valence-electron chi connectivity index (χ1n) is 15.9. The van der Waals surface area contributed by atoms with Crippen molar-refractivity contribution in [1.29, 1.82) is 0 Å². The summed E-state index contributed by atoms with van der Waals surface area (Å²) in [5.74, 6) is -1.08. The SMILES string of the molecule is COc1ccc(CN2CC34CCCCCCCCCCN(S(=O)(=O)c5ccccc5)CC(O)C(C(=O)C3)C(C4)C2=O)cc1. The van der Waals surface area contributed by atoms with Gasteiger partial charge >= 0.3 is 0 Å². The second kappa shape index (κ2) is 13.9. The molecule has 4 atom stereocenters. The number of amides is 1. The molecule has 1 N–H and O–H groups in total. The largest absolute Gasteiger partial charge is 0.497 e. The van der Waals surface area contributed by atoms with Gasteiger partial charge < -0.3 is 14.7 Å². The van der Waals surface area contributed by atoms with E-state index in [1.165, 1.54) is 4.31 Å². The number of ether oxygens (including phenoxy) is 1. The van der Waals surface area contributed by atoms with Gasteiger partial charge in [0.2, 0.25) is 15.9 Å². The number of benzene rings is 2. The van der Waals surface area contributed by atoms with Crippen LogP contribution in [-0.4, -0.2) is 67.3 Å². The summed E-state index contributed by atoms with van der Waals surface area (Å²) in [6.07, 6.45) is 8.61. The van der Waals surface area contributed by atoms with E-state index in [9.17, 15) is 23.1 Å². The molecular formula is C34H46N2O6S. The Morgan fingerprint density at radius 1 is 0.907 bits per heavy atom. The van der Waals surface area contributed by atoms with E-state index in [2.05, 4.69) is 0 Å². The third-order valence-corrected chi connectivity index (χ3v) is 11.6. The van der Waals surface area contributed by atoms with Crippen LogP contribution in [0, 0.1) is 17.3 Å². The van der Waals surface area contributed by atoms with Crippen LogP contribution in [0.4, 0.5) is 0 Å².